The molecule has 1 aliphatic rings. The van der Waals surface area contributed by atoms with E-state index in [2.05, 4.69) is 20.8 Å². The second-order valence-electron chi connectivity index (χ2n) is 13.4. The third kappa shape index (κ3) is 8.79. The molecule has 1 heterocycles. The zero-order valence-electron chi connectivity index (χ0n) is 26.7. The maximum atomic E-state index is 13.8. The number of carbonyl (C=O) groups excluding carboxylic acids is 2. The molecule has 2 aromatic carbocycles. The quantitative estimate of drug-likeness (QED) is 0.188. The van der Waals surface area contributed by atoms with Gasteiger partial charge in [-0.05, 0) is 81.1 Å². The summed E-state index contributed by atoms with van der Waals surface area (Å²) in [6.07, 6.45) is -0.967. The lowest BCUT2D eigenvalue weighted by atomic mass is 9.79. The van der Waals surface area contributed by atoms with Crippen LogP contribution in [-0.2, 0) is 20.5 Å². The van der Waals surface area contributed by atoms with Gasteiger partial charge in [0.15, 0.2) is 14.8 Å². The molecule has 1 saturated heterocycles. The van der Waals surface area contributed by atoms with Crippen LogP contribution in [0.1, 0.15) is 63.9 Å². The van der Waals surface area contributed by atoms with Crippen molar-refractivity contribution in [2.75, 3.05) is 18.0 Å². The van der Waals surface area contributed by atoms with Crippen LogP contribution in [0.4, 0.5) is 21.0 Å². The normalized spacial score (nSPS) is 18.7. The number of rotatable bonds is 9. The van der Waals surface area contributed by atoms with Gasteiger partial charge in [0, 0.05) is 30.8 Å². The van der Waals surface area contributed by atoms with Crippen molar-refractivity contribution in [3.63, 3.8) is 0 Å². The van der Waals surface area contributed by atoms with Crippen LogP contribution in [0, 0.1) is 21.4 Å². The highest BCUT2D eigenvalue weighted by molar-refractivity contribution is 6.48. The Labute approximate surface area is 259 Å². The molecule has 2 atom stereocenters. The highest BCUT2D eigenvalue weighted by atomic mass is 28.3. The van der Waals surface area contributed by atoms with E-state index in [0.717, 1.165) is 0 Å². The van der Waals surface area contributed by atoms with Gasteiger partial charge in [-0.3, -0.25) is 19.9 Å². The molecular formula is C31H43N3O9Si. The van der Waals surface area contributed by atoms with Crippen molar-refractivity contribution in [3.05, 3.63) is 69.8 Å². The highest BCUT2D eigenvalue weighted by Gasteiger charge is 2.54. The Hall–Kier alpha value is -3.97. The smallest absolute Gasteiger partial charge is 0.414 e. The van der Waals surface area contributed by atoms with Gasteiger partial charge in [-0.25, -0.2) is 14.4 Å². The minimum Gasteiger partial charge on any atom is -0.478 e. The fraction of sp³-hybridized carbons (Fsp3) is 0.516. The summed E-state index contributed by atoms with van der Waals surface area (Å²) in [7, 11) is -1.87. The van der Waals surface area contributed by atoms with E-state index in [0.29, 0.717) is 18.5 Å². The van der Waals surface area contributed by atoms with Crippen molar-refractivity contribution >= 4 is 38.6 Å². The molecular weight excluding hydrogens is 586 g/mol. The van der Waals surface area contributed by atoms with Gasteiger partial charge in [0.05, 0.1) is 17.0 Å². The predicted octanol–water partition coefficient (Wildman–Crippen LogP) is 6.44. The Kier molecular flexibility index (Phi) is 10.5. The first kappa shape index (κ1) is 34.5. The number of anilines is 1. The molecule has 0 aliphatic carbocycles. The maximum absolute atomic E-state index is 13.8. The first-order valence-electron chi connectivity index (χ1n) is 14.5. The summed E-state index contributed by atoms with van der Waals surface area (Å²) in [5, 5.41) is 20.7. The lowest BCUT2D eigenvalue weighted by Crippen LogP contribution is -2.59. The third-order valence-corrected chi connectivity index (χ3v) is 8.20. The van der Waals surface area contributed by atoms with Crippen molar-refractivity contribution in [3.8, 4) is 0 Å². The summed E-state index contributed by atoms with van der Waals surface area (Å²) in [6.45, 7) is 15.5. The minimum atomic E-state index is -1.87. The van der Waals surface area contributed by atoms with Crippen LogP contribution in [0.15, 0.2) is 48.5 Å². The highest BCUT2D eigenvalue weighted by Crippen LogP contribution is 2.45. The van der Waals surface area contributed by atoms with Gasteiger partial charge in [0.1, 0.15) is 12.2 Å². The molecule has 0 aromatic heterocycles. The molecule has 0 unspecified atom stereocenters. The Bertz CT molecular complexity index is 1370. The van der Waals surface area contributed by atoms with Crippen LogP contribution < -0.4 is 4.90 Å². The number of benzene rings is 2. The van der Waals surface area contributed by atoms with Crippen molar-refractivity contribution in [1.29, 1.82) is 0 Å². The van der Waals surface area contributed by atoms with E-state index >= 15 is 0 Å². The second-order valence-corrected chi connectivity index (χ2v) is 15.7. The number of non-ortho nitro benzene ring substituents is 1. The van der Waals surface area contributed by atoms with Crippen LogP contribution in [0.25, 0.3) is 0 Å². The number of nitro groups is 1. The number of aromatic carboxylic acids is 1. The summed E-state index contributed by atoms with van der Waals surface area (Å²) in [5.74, 6) is -1.18. The number of carboxylic acid groups (broad SMARTS) is 1. The van der Waals surface area contributed by atoms with Gasteiger partial charge < -0.3 is 19.0 Å². The number of amides is 2. The predicted molar refractivity (Wildman–Crippen MR) is 167 cm³/mol. The first-order valence-corrected chi connectivity index (χ1v) is 17.3. The molecule has 0 spiro atoms. The van der Waals surface area contributed by atoms with E-state index in [1.54, 1.807) is 31.7 Å². The number of carbonyl (C=O) groups is 3. The van der Waals surface area contributed by atoms with Crippen molar-refractivity contribution in [2.24, 2.45) is 11.3 Å². The van der Waals surface area contributed by atoms with E-state index < -0.39 is 43.4 Å². The molecule has 1 fully saturated rings. The first-order chi connectivity index (χ1) is 20.3. The van der Waals surface area contributed by atoms with Crippen molar-refractivity contribution in [1.82, 2.24) is 4.90 Å². The Morgan fingerprint density at radius 1 is 1.09 bits per heavy atom. The molecule has 0 bridgehead atoms. The van der Waals surface area contributed by atoms with E-state index in [9.17, 15) is 29.6 Å². The molecule has 3 rings (SSSR count). The van der Waals surface area contributed by atoms with Crippen LogP contribution in [0.3, 0.4) is 0 Å². The molecule has 12 nitrogen and oxygen atoms in total. The van der Waals surface area contributed by atoms with E-state index in [1.807, 2.05) is 13.1 Å². The second kappa shape index (κ2) is 13.3. The molecule has 13 heteroatoms. The van der Waals surface area contributed by atoms with Gasteiger partial charge in [0.25, 0.3) is 5.69 Å². The van der Waals surface area contributed by atoms with Gasteiger partial charge in [-0.2, -0.15) is 0 Å². The van der Waals surface area contributed by atoms with Crippen LogP contribution >= 0.6 is 0 Å². The van der Waals surface area contributed by atoms with E-state index in [4.69, 9.17) is 13.9 Å². The zero-order valence-corrected chi connectivity index (χ0v) is 27.8. The standard InChI is InChI=1S/C31H43N3O9Si/c1-29(2,3)23-17-31(43-44(7)8,33(18-23)28(38)42-30(4,5)6)20-32(25-11-9-10-22(16-25)26(35)36)27(37)41-19-21-12-14-24(15-13-21)34(39)40/h9-16,23,44H,17-20H2,1-8H3,(H,35,36)/t23-,31-/m0/s1. The Morgan fingerprint density at radius 3 is 2.25 bits per heavy atom. The molecule has 0 saturated carbocycles. The van der Waals surface area contributed by atoms with Gasteiger partial charge in [0.2, 0.25) is 0 Å². The fourth-order valence-corrected chi connectivity index (χ4v) is 6.25. The SMILES string of the molecule is C[SiH](C)O[C@]1(CN(C(=O)OCc2ccc([N+](=O)[O-])cc2)c2cccc(C(=O)O)c2)C[C@H](C(C)(C)C)CN1C(=O)OC(C)(C)C. The van der Waals surface area contributed by atoms with E-state index in [-0.39, 0.29) is 41.4 Å². The molecule has 0 radical (unpaired) electrons. The number of nitrogens with zero attached hydrogens (tertiary/aromatic N) is 3. The number of hydrogen-bond acceptors (Lipinski definition) is 8. The van der Waals surface area contributed by atoms with Crippen LogP contribution in [0.5, 0.6) is 0 Å². The van der Waals surface area contributed by atoms with Crippen molar-refractivity contribution < 1.29 is 38.3 Å². The average molecular weight is 630 g/mol. The van der Waals surface area contributed by atoms with Crippen LogP contribution in [-0.4, -0.2) is 66.5 Å². The summed E-state index contributed by atoms with van der Waals surface area (Å²) in [5.41, 5.74) is -1.64. The largest absolute Gasteiger partial charge is 0.478 e. The molecule has 240 valence electrons. The summed E-state index contributed by atoms with van der Waals surface area (Å²) >= 11 is 0. The van der Waals surface area contributed by atoms with Gasteiger partial charge >= 0.3 is 18.2 Å². The van der Waals surface area contributed by atoms with Crippen LogP contribution in [0.2, 0.25) is 13.1 Å². The Balaban J connectivity index is 2.08. The number of likely N-dealkylation sites (tertiary alicyclic amines) is 1. The average Bonchev–Trinajstić information content (AvgIpc) is 3.29. The number of nitro benzene ring substituents is 1. The zero-order chi connectivity index (χ0) is 33.0. The molecule has 2 amide bonds. The summed E-state index contributed by atoms with van der Waals surface area (Å²) < 4.78 is 18.2. The summed E-state index contributed by atoms with van der Waals surface area (Å²) in [4.78, 5) is 52.8. The Morgan fingerprint density at radius 2 is 1.73 bits per heavy atom. The molecule has 1 aliphatic heterocycles. The van der Waals surface area contributed by atoms with Gasteiger partial charge in [-0.15, -0.1) is 0 Å². The monoisotopic (exact) mass is 629 g/mol. The fourth-order valence-electron chi connectivity index (χ4n) is 5.07. The number of hydrogen-bond donors (Lipinski definition) is 1. The molecule has 1 N–H and O–H groups in total. The lowest BCUT2D eigenvalue weighted by Gasteiger charge is -2.43. The summed E-state index contributed by atoms with van der Waals surface area (Å²) in [6, 6.07) is 11.5. The number of ether oxygens (including phenoxy) is 2. The van der Waals surface area contributed by atoms with Gasteiger partial charge in [-0.1, -0.05) is 26.8 Å². The maximum Gasteiger partial charge on any atom is 0.414 e. The lowest BCUT2D eigenvalue weighted by molar-refractivity contribution is -0.384. The van der Waals surface area contributed by atoms with E-state index in [1.165, 1.54) is 47.4 Å². The number of carboxylic acids is 1. The molecule has 2 aromatic rings. The molecule has 44 heavy (non-hydrogen) atoms. The minimum absolute atomic E-state index is 0.00824. The topological polar surface area (TPSA) is 149 Å². The van der Waals surface area contributed by atoms with Crippen molar-refractivity contribution in [2.45, 2.75) is 79.0 Å². The third-order valence-electron chi connectivity index (χ3n) is 7.29.